The monoisotopic (exact) mass is 300 g/mol. The Hall–Kier alpha value is -1.72. The number of hydrogen-bond acceptors (Lipinski definition) is 4. The summed E-state index contributed by atoms with van der Waals surface area (Å²) in [5, 5.41) is 10.5. The first-order chi connectivity index (χ1) is 10.7. The molecule has 2 aromatic heterocycles. The summed E-state index contributed by atoms with van der Waals surface area (Å²) in [6.45, 7) is 3.13. The number of rotatable bonds is 5. The molecule has 0 bridgehead atoms. The summed E-state index contributed by atoms with van der Waals surface area (Å²) in [4.78, 5) is 11.1. The first-order valence-electron chi connectivity index (χ1n) is 8.01. The number of aliphatic hydroxyl groups excluding tert-OH is 1. The molecule has 1 aliphatic heterocycles. The van der Waals surface area contributed by atoms with E-state index in [0.29, 0.717) is 5.92 Å². The number of nitrogens with zero attached hydrogens (tertiary/aromatic N) is 4. The van der Waals surface area contributed by atoms with Crippen LogP contribution in [0.4, 0.5) is 0 Å². The lowest BCUT2D eigenvalue weighted by atomic mass is 9.90. The van der Waals surface area contributed by atoms with Crippen LogP contribution in [-0.2, 0) is 13.5 Å². The summed E-state index contributed by atoms with van der Waals surface area (Å²) in [5.74, 6) is 1.10. The zero-order valence-electron chi connectivity index (χ0n) is 13.1. The van der Waals surface area contributed by atoms with Crippen LogP contribution in [0.2, 0.25) is 0 Å². The largest absolute Gasteiger partial charge is 0.385 e. The van der Waals surface area contributed by atoms with Crippen LogP contribution in [0.5, 0.6) is 0 Å². The summed E-state index contributed by atoms with van der Waals surface area (Å²) >= 11 is 0. The molecular weight excluding hydrogens is 276 g/mol. The topological polar surface area (TPSA) is 54.2 Å². The third kappa shape index (κ3) is 3.54. The molecule has 0 amide bonds. The Kier molecular flexibility index (Phi) is 4.85. The molecule has 1 atom stereocenters. The highest BCUT2D eigenvalue weighted by Crippen LogP contribution is 2.29. The van der Waals surface area contributed by atoms with E-state index >= 15 is 0 Å². The first kappa shape index (κ1) is 15.2. The van der Waals surface area contributed by atoms with Crippen LogP contribution in [0, 0.1) is 5.92 Å². The van der Waals surface area contributed by atoms with E-state index in [-0.39, 0.29) is 0 Å². The average Bonchev–Trinajstić information content (AvgIpc) is 3.00. The lowest BCUT2D eigenvalue weighted by molar-refractivity contribution is 0.0514. The van der Waals surface area contributed by atoms with E-state index in [4.69, 9.17) is 0 Å². The van der Waals surface area contributed by atoms with Crippen LogP contribution in [0.15, 0.2) is 36.8 Å². The van der Waals surface area contributed by atoms with E-state index in [2.05, 4.69) is 20.9 Å². The van der Waals surface area contributed by atoms with Crippen LogP contribution in [0.1, 0.15) is 30.5 Å². The molecule has 3 rings (SSSR count). The van der Waals surface area contributed by atoms with Crippen molar-refractivity contribution in [2.75, 3.05) is 19.6 Å². The van der Waals surface area contributed by atoms with Crippen molar-refractivity contribution in [3.63, 3.8) is 0 Å². The van der Waals surface area contributed by atoms with Gasteiger partial charge in [-0.3, -0.25) is 4.98 Å². The molecule has 22 heavy (non-hydrogen) atoms. The Balaban J connectivity index is 1.47. The molecule has 0 aliphatic carbocycles. The summed E-state index contributed by atoms with van der Waals surface area (Å²) in [6, 6.07) is 6.07. The maximum Gasteiger partial charge on any atom is 0.137 e. The van der Waals surface area contributed by atoms with E-state index in [1.165, 1.54) is 0 Å². The minimum atomic E-state index is -0.446. The van der Waals surface area contributed by atoms with Crippen LogP contribution in [0.25, 0.3) is 0 Å². The second-order valence-corrected chi connectivity index (χ2v) is 6.09. The van der Waals surface area contributed by atoms with E-state index in [0.717, 1.165) is 50.4 Å². The smallest absolute Gasteiger partial charge is 0.137 e. The molecule has 1 saturated heterocycles. The highest BCUT2D eigenvalue weighted by atomic mass is 16.3. The molecule has 1 unspecified atom stereocenters. The van der Waals surface area contributed by atoms with Gasteiger partial charge < -0.3 is 14.6 Å². The molecule has 0 aromatic carbocycles. The number of piperidine rings is 1. The van der Waals surface area contributed by atoms with E-state index in [1.807, 2.05) is 36.1 Å². The third-order valence-electron chi connectivity index (χ3n) is 4.61. The predicted molar refractivity (Wildman–Crippen MR) is 85.3 cm³/mol. The third-order valence-corrected chi connectivity index (χ3v) is 4.61. The molecular formula is C17H24N4O. The predicted octanol–water partition coefficient (Wildman–Crippen LogP) is 1.80. The van der Waals surface area contributed by atoms with Crippen molar-refractivity contribution in [3.05, 3.63) is 48.3 Å². The lowest BCUT2D eigenvalue weighted by Gasteiger charge is -2.33. The van der Waals surface area contributed by atoms with Crippen molar-refractivity contribution < 1.29 is 5.11 Å². The minimum absolute atomic E-state index is 0.312. The number of aryl methyl sites for hydroxylation is 1. The van der Waals surface area contributed by atoms with E-state index in [9.17, 15) is 5.11 Å². The number of likely N-dealkylation sites (tertiary alicyclic amines) is 1. The molecule has 3 heterocycles. The second kappa shape index (κ2) is 7.03. The molecule has 1 aliphatic rings. The van der Waals surface area contributed by atoms with Gasteiger partial charge in [0.1, 0.15) is 11.9 Å². The van der Waals surface area contributed by atoms with E-state index < -0.39 is 6.10 Å². The van der Waals surface area contributed by atoms with Crippen LogP contribution >= 0.6 is 0 Å². The maximum absolute atomic E-state index is 10.5. The zero-order chi connectivity index (χ0) is 15.4. The van der Waals surface area contributed by atoms with Gasteiger partial charge in [0, 0.05) is 44.3 Å². The molecule has 0 spiro atoms. The minimum Gasteiger partial charge on any atom is -0.385 e. The SMILES string of the molecule is Cn1ccnc1C(O)C1CCN(CCc2ccccn2)CC1. The second-order valence-electron chi connectivity index (χ2n) is 6.09. The van der Waals surface area contributed by atoms with Gasteiger partial charge in [-0.1, -0.05) is 6.07 Å². The fourth-order valence-electron chi connectivity index (χ4n) is 3.18. The van der Waals surface area contributed by atoms with Crippen molar-refractivity contribution in [2.24, 2.45) is 13.0 Å². The highest BCUT2D eigenvalue weighted by Gasteiger charge is 2.28. The van der Waals surface area contributed by atoms with Gasteiger partial charge in [-0.2, -0.15) is 0 Å². The standard InChI is InChI=1S/C17H24N4O/c1-20-13-9-19-17(20)16(22)14-5-10-21(11-6-14)12-7-15-4-2-3-8-18-15/h2-4,8-9,13-14,16,22H,5-7,10-12H2,1H3. The fourth-order valence-corrected chi connectivity index (χ4v) is 3.18. The van der Waals surface area contributed by atoms with Gasteiger partial charge in [0.15, 0.2) is 0 Å². The van der Waals surface area contributed by atoms with Crippen molar-refractivity contribution in [1.82, 2.24) is 19.4 Å². The van der Waals surface area contributed by atoms with Crippen molar-refractivity contribution in [3.8, 4) is 0 Å². The molecule has 2 aromatic rings. The Labute approximate surface area is 131 Å². The summed E-state index contributed by atoms with van der Waals surface area (Å²) < 4.78 is 1.91. The summed E-state index contributed by atoms with van der Waals surface area (Å²) in [7, 11) is 1.94. The number of aliphatic hydroxyl groups is 1. The van der Waals surface area contributed by atoms with Crippen molar-refractivity contribution in [2.45, 2.75) is 25.4 Å². The van der Waals surface area contributed by atoms with Crippen LogP contribution in [-0.4, -0.2) is 44.2 Å². The lowest BCUT2D eigenvalue weighted by Crippen LogP contribution is -2.37. The van der Waals surface area contributed by atoms with Gasteiger partial charge in [-0.15, -0.1) is 0 Å². The molecule has 0 radical (unpaired) electrons. The van der Waals surface area contributed by atoms with E-state index in [1.54, 1.807) is 6.20 Å². The fraction of sp³-hybridized carbons (Fsp3) is 0.529. The molecule has 118 valence electrons. The first-order valence-corrected chi connectivity index (χ1v) is 8.01. The van der Waals surface area contributed by atoms with Gasteiger partial charge in [0.25, 0.3) is 0 Å². The normalized spacial score (nSPS) is 18.5. The van der Waals surface area contributed by atoms with Gasteiger partial charge in [-0.05, 0) is 44.0 Å². The van der Waals surface area contributed by atoms with Crippen LogP contribution < -0.4 is 0 Å². The molecule has 5 heteroatoms. The van der Waals surface area contributed by atoms with Gasteiger partial charge in [0.05, 0.1) is 0 Å². The molecule has 0 saturated carbocycles. The zero-order valence-corrected chi connectivity index (χ0v) is 13.1. The summed E-state index contributed by atoms with van der Waals surface area (Å²) in [6.07, 6.45) is 8.09. The van der Waals surface area contributed by atoms with Gasteiger partial charge >= 0.3 is 0 Å². The Morgan fingerprint density at radius 3 is 2.68 bits per heavy atom. The quantitative estimate of drug-likeness (QED) is 0.915. The molecule has 1 N–H and O–H groups in total. The average molecular weight is 300 g/mol. The highest BCUT2D eigenvalue weighted by molar-refractivity contribution is 5.04. The Bertz CT molecular complexity index is 575. The van der Waals surface area contributed by atoms with Crippen molar-refractivity contribution in [1.29, 1.82) is 0 Å². The van der Waals surface area contributed by atoms with Crippen LogP contribution in [0.3, 0.4) is 0 Å². The molecule has 1 fully saturated rings. The Morgan fingerprint density at radius 1 is 1.23 bits per heavy atom. The maximum atomic E-state index is 10.5. The van der Waals surface area contributed by atoms with Gasteiger partial charge in [-0.25, -0.2) is 4.98 Å². The summed E-state index contributed by atoms with van der Waals surface area (Å²) in [5.41, 5.74) is 1.15. The number of hydrogen-bond donors (Lipinski definition) is 1. The Morgan fingerprint density at radius 2 is 2.05 bits per heavy atom. The number of pyridine rings is 1. The number of aromatic nitrogens is 3. The van der Waals surface area contributed by atoms with Gasteiger partial charge in [0.2, 0.25) is 0 Å². The molecule has 5 nitrogen and oxygen atoms in total. The number of imidazole rings is 1. The van der Waals surface area contributed by atoms with Crippen molar-refractivity contribution >= 4 is 0 Å².